The molecule has 172 valence electrons. The molecule has 0 unspecified atom stereocenters. The number of piperazine rings is 1. The van der Waals surface area contributed by atoms with Crippen molar-refractivity contribution in [3.63, 3.8) is 0 Å². The molecule has 1 spiro atoms. The average Bonchev–Trinajstić information content (AvgIpc) is 3.40. The van der Waals surface area contributed by atoms with Crippen LogP contribution in [0.5, 0.6) is 0 Å². The van der Waals surface area contributed by atoms with E-state index in [1.54, 1.807) is 4.68 Å². The van der Waals surface area contributed by atoms with E-state index in [0.29, 0.717) is 12.6 Å². The Hall–Kier alpha value is -2.33. The van der Waals surface area contributed by atoms with Gasteiger partial charge in [0.05, 0.1) is 23.2 Å². The van der Waals surface area contributed by atoms with Crippen LogP contribution in [-0.2, 0) is 11.8 Å². The van der Waals surface area contributed by atoms with Gasteiger partial charge in [-0.25, -0.2) is 14.2 Å². The van der Waals surface area contributed by atoms with Crippen LogP contribution in [0.25, 0.3) is 11.3 Å². The van der Waals surface area contributed by atoms with Gasteiger partial charge in [0, 0.05) is 69.9 Å². The summed E-state index contributed by atoms with van der Waals surface area (Å²) in [7, 11) is 1.86. The molecule has 0 saturated carbocycles. The summed E-state index contributed by atoms with van der Waals surface area (Å²) in [6.45, 7) is 7.44. The molecule has 8 nitrogen and oxygen atoms in total. The SMILES string of the molecule is CCOC(=O)N1CC2(C[C@H](N3CCN(c4ncc(F)cc4-c4ccn(C)n4)CC3)CS2)C1. The average molecular weight is 461 g/mol. The number of halogens is 1. The predicted molar refractivity (Wildman–Crippen MR) is 122 cm³/mol. The van der Waals surface area contributed by atoms with Crippen molar-refractivity contribution >= 4 is 23.7 Å². The summed E-state index contributed by atoms with van der Waals surface area (Å²) in [5.74, 6) is 1.55. The number of hydrogen-bond acceptors (Lipinski definition) is 7. The van der Waals surface area contributed by atoms with Crippen molar-refractivity contribution in [2.45, 2.75) is 24.1 Å². The first-order valence-electron chi connectivity index (χ1n) is 11.2. The van der Waals surface area contributed by atoms with Gasteiger partial charge in [-0.1, -0.05) is 0 Å². The Kier molecular flexibility index (Phi) is 5.75. The maximum absolute atomic E-state index is 13.9. The van der Waals surface area contributed by atoms with Crippen LogP contribution in [0.4, 0.5) is 15.0 Å². The van der Waals surface area contributed by atoms with Crippen LogP contribution >= 0.6 is 11.8 Å². The number of carbonyl (C=O) groups is 1. The number of hydrogen-bond donors (Lipinski definition) is 0. The second-order valence-electron chi connectivity index (χ2n) is 8.83. The summed E-state index contributed by atoms with van der Waals surface area (Å²) in [5.41, 5.74) is 1.48. The monoisotopic (exact) mass is 460 g/mol. The Morgan fingerprint density at radius 3 is 2.78 bits per heavy atom. The van der Waals surface area contributed by atoms with Crippen molar-refractivity contribution in [1.29, 1.82) is 0 Å². The molecule has 1 amide bonds. The number of aromatic nitrogens is 3. The van der Waals surface area contributed by atoms with Gasteiger partial charge < -0.3 is 14.5 Å². The Balaban J connectivity index is 1.20. The van der Waals surface area contributed by atoms with E-state index < -0.39 is 0 Å². The standard InChI is InChI=1S/C22H29FN6O2S/c1-3-31-21(30)29-14-22(15-29)11-17(13-32-22)27-6-8-28(9-7-27)20-18(10-16(23)12-24-20)19-4-5-26(2)25-19/h4-5,10,12,17H,3,6-9,11,13-15H2,1-2H3/t17-/m0/s1. The topological polar surface area (TPSA) is 66.7 Å². The van der Waals surface area contributed by atoms with Gasteiger partial charge >= 0.3 is 6.09 Å². The van der Waals surface area contributed by atoms with Crippen molar-refractivity contribution in [3.8, 4) is 11.3 Å². The highest BCUT2D eigenvalue weighted by atomic mass is 32.2. The fourth-order valence-electron chi connectivity index (χ4n) is 5.00. The molecule has 1 atom stereocenters. The number of carbonyl (C=O) groups excluding carboxylic acids is 1. The molecule has 0 aromatic carbocycles. The minimum absolute atomic E-state index is 0.189. The molecule has 2 aromatic rings. The highest BCUT2D eigenvalue weighted by Crippen LogP contribution is 2.46. The van der Waals surface area contributed by atoms with Crippen LogP contribution < -0.4 is 4.90 Å². The van der Waals surface area contributed by atoms with E-state index in [1.807, 2.05) is 42.9 Å². The molecule has 0 aliphatic carbocycles. The van der Waals surface area contributed by atoms with E-state index in [9.17, 15) is 9.18 Å². The highest BCUT2D eigenvalue weighted by Gasteiger charge is 2.52. The number of nitrogens with zero attached hydrogens (tertiary/aromatic N) is 6. The summed E-state index contributed by atoms with van der Waals surface area (Å²) in [5, 5.41) is 4.45. The number of anilines is 1. The summed E-state index contributed by atoms with van der Waals surface area (Å²) in [6, 6.07) is 3.95. The third-order valence-corrected chi connectivity index (χ3v) is 8.22. The highest BCUT2D eigenvalue weighted by molar-refractivity contribution is 8.01. The van der Waals surface area contributed by atoms with Gasteiger partial charge in [0.2, 0.25) is 0 Å². The number of ether oxygens (including phenoxy) is 1. The first-order chi connectivity index (χ1) is 15.5. The number of pyridine rings is 1. The lowest BCUT2D eigenvalue weighted by atomic mass is 9.91. The van der Waals surface area contributed by atoms with Gasteiger partial charge in [0.1, 0.15) is 11.6 Å². The molecule has 32 heavy (non-hydrogen) atoms. The third-order valence-electron chi connectivity index (χ3n) is 6.63. The van der Waals surface area contributed by atoms with Crippen molar-refractivity contribution in [2.24, 2.45) is 7.05 Å². The smallest absolute Gasteiger partial charge is 0.409 e. The van der Waals surface area contributed by atoms with E-state index in [0.717, 1.165) is 68.5 Å². The first-order valence-corrected chi connectivity index (χ1v) is 12.2. The lowest BCUT2D eigenvalue weighted by molar-refractivity contribution is 0.0603. The van der Waals surface area contributed by atoms with Crippen molar-refractivity contribution < 1.29 is 13.9 Å². The van der Waals surface area contributed by atoms with Crippen LogP contribution in [0, 0.1) is 5.82 Å². The van der Waals surface area contributed by atoms with Crippen LogP contribution in [0.15, 0.2) is 24.5 Å². The van der Waals surface area contributed by atoms with E-state index in [-0.39, 0.29) is 16.7 Å². The summed E-state index contributed by atoms with van der Waals surface area (Å²) in [4.78, 5) is 23.0. The lowest BCUT2D eigenvalue weighted by Crippen LogP contribution is -2.61. The van der Waals surface area contributed by atoms with Gasteiger partial charge in [-0.15, -0.1) is 11.8 Å². The number of aryl methyl sites for hydroxylation is 1. The van der Waals surface area contributed by atoms with Crippen LogP contribution in [-0.4, -0.2) is 93.1 Å². The zero-order valence-electron chi connectivity index (χ0n) is 18.5. The summed E-state index contributed by atoms with van der Waals surface area (Å²) >= 11 is 2.00. The molecule has 3 aliphatic rings. The maximum atomic E-state index is 13.9. The van der Waals surface area contributed by atoms with Gasteiger partial charge in [0.25, 0.3) is 0 Å². The molecule has 0 bridgehead atoms. The Labute approximate surface area is 191 Å². The van der Waals surface area contributed by atoms with E-state index in [4.69, 9.17) is 4.74 Å². The number of likely N-dealkylation sites (tertiary alicyclic amines) is 1. The number of rotatable bonds is 4. The molecular weight excluding hydrogens is 431 g/mol. The minimum Gasteiger partial charge on any atom is -0.450 e. The quantitative estimate of drug-likeness (QED) is 0.694. The van der Waals surface area contributed by atoms with Crippen molar-refractivity contribution in [3.05, 3.63) is 30.3 Å². The lowest BCUT2D eigenvalue weighted by Gasteiger charge is -2.47. The molecule has 10 heteroatoms. The molecule has 5 heterocycles. The van der Waals surface area contributed by atoms with Gasteiger partial charge in [0.15, 0.2) is 0 Å². The van der Waals surface area contributed by atoms with Crippen LogP contribution in [0.2, 0.25) is 0 Å². The van der Waals surface area contributed by atoms with E-state index >= 15 is 0 Å². The fraction of sp³-hybridized carbons (Fsp3) is 0.591. The van der Waals surface area contributed by atoms with E-state index in [1.165, 1.54) is 12.3 Å². The fourth-order valence-corrected chi connectivity index (χ4v) is 6.68. The van der Waals surface area contributed by atoms with Crippen molar-refractivity contribution in [1.82, 2.24) is 24.6 Å². The van der Waals surface area contributed by atoms with Gasteiger partial charge in [-0.3, -0.25) is 9.58 Å². The number of thioether (sulfide) groups is 1. The molecule has 5 rings (SSSR count). The zero-order chi connectivity index (χ0) is 22.3. The summed E-state index contributed by atoms with van der Waals surface area (Å²) in [6.07, 6.45) is 4.07. The van der Waals surface area contributed by atoms with Gasteiger partial charge in [-0.2, -0.15) is 5.10 Å². The maximum Gasteiger partial charge on any atom is 0.409 e. The molecule has 3 saturated heterocycles. The molecule has 0 N–H and O–H groups in total. The van der Waals surface area contributed by atoms with Crippen LogP contribution in [0.1, 0.15) is 13.3 Å². The molecule has 0 radical (unpaired) electrons. The molecule has 3 aliphatic heterocycles. The van der Waals surface area contributed by atoms with Gasteiger partial charge in [-0.05, 0) is 25.5 Å². The first kappa shape index (κ1) is 21.5. The zero-order valence-corrected chi connectivity index (χ0v) is 19.4. The molecule has 3 fully saturated rings. The van der Waals surface area contributed by atoms with Crippen LogP contribution in [0.3, 0.4) is 0 Å². The second-order valence-corrected chi connectivity index (χ2v) is 10.3. The normalized spacial score (nSPS) is 22.9. The van der Waals surface area contributed by atoms with Crippen molar-refractivity contribution in [2.75, 3.05) is 56.5 Å². The largest absolute Gasteiger partial charge is 0.450 e. The Morgan fingerprint density at radius 1 is 1.31 bits per heavy atom. The Bertz CT molecular complexity index is 987. The molecular formula is C22H29FN6O2S. The minimum atomic E-state index is -0.348. The third kappa shape index (κ3) is 4.05. The number of amides is 1. The Morgan fingerprint density at radius 2 is 2.09 bits per heavy atom. The second kappa shape index (κ2) is 8.55. The predicted octanol–water partition coefficient (Wildman–Crippen LogP) is 2.46. The molecule has 2 aromatic heterocycles. The van der Waals surface area contributed by atoms with E-state index in [2.05, 4.69) is 19.9 Å². The summed E-state index contributed by atoms with van der Waals surface area (Å²) < 4.78 is 21.0.